The molecule has 0 aliphatic carbocycles. The highest BCUT2D eigenvalue weighted by molar-refractivity contribution is 7.86. The van der Waals surface area contributed by atoms with Crippen LogP contribution >= 0.6 is 0 Å². The summed E-state index contributed by atoms with van der Waals surface area (Å²) in [5.74, 6) is -0.539. The van der Waals surface area contributed by atoms with Crippen LogP contribution in [-0.4, -0.2) is 50.6 Å². The van der Waals surface area contributed by atoms with Crippen LogP contribution in [0.1, 0.15) is 19.3 Å². The van der Waals surface area contributed by atoms with Gasteiger partial charge in [-0.2, -0.15) is 17.2 Å². The van der Waals surface area contributed by atoms with Crippen LogP contribution in [0.5, 0.6) is 0 Å². The summed E-state index contributed by atoms with van der Waals surface area (Å²) in [7, 11) is -4.23. The van der Waals surface area contributed by atoms with Crippen molar-refractivity contribution in [2.45, 2.75) is 30.7 Å². The van der Waals surface area contributed by atoms with E-state index in [9.17, 15) is 26.4 Å². The Labute approximate surface area is 109 Å². The summed E-state index contributed by atoms with van der Waals surface area (Å²) in [5.41, 5.74) is 0. The van der Waals surface area contributed by atoms with E-state index in [0.29, 0.717) is 0 Å². The minimum absolute atomic E-state index is 0.00738. The van der Waals surface area contributed by atoms with E-state index in [2.05, 4.69) is 10.1 Å². The molecule has 0 aromatic heterocycles. The van der Waals surface area contributed by atoms with Gasteiger partial charge >= 0.3 is 21.3 Å². The fourth-order valence-electron chi connectivity index (χ4n) is 1.14. The molecule has 0 radical (unpaired) electrons. The number of unbranched alkanes of at least 4 members (excludes halogenated alkanes) is 1. The maximum atomic E-state index is 13.0. The lowest BCUT2D eigenvalue weighted by Crippen LogP contribution is -2.38. The van der Waals surface area contributed by atoms with E-state index in [0.717, 1.165) is 0 Å². The highest BCUT2D eigenvalue weighted by atomic mass is 32.2. The summed E-state index contributed by atoms with van der Waals surface area (Å²) >= 11 is 0. The van der Waals surface area contributed by atoms with Crippen molar-refractivity contribution < 1.29 is 35.7 Å². The lowest BCUT2D eigenvalue weighted by atomic mass is 10.2. The minimum Gasteiger partial charge on any atom is -0.465 e. The van der Waals surface area contributed by atoms with E-state index in [-0.39, 0.29) is 26.0 Å². The Morgan fingerprint density at radius 3 is 2.47 bits per heavy atom. The van der Waals surface area contributed by atoms with Crippen molar-refractivity contribution in [3.8, 4) is 0 Å². The fraction of sp³-hybridized carbons (Fsp3) is 0.889. The number of nitrogens with one attached hydrogen (secondary N) is 1. The van der Waals surface area contributed by atoms with E-state index < -0.39 is 33.9 Å². The lowest BCUT2D eigenvalue weighted by molar-refractivity contribution is -0.142. The van der Waals surface area contributed by atoms with Crippen molar-refractivity contribution in [3.05, 3.63) is 0 Å². The molecule has 1 unspecified atom stereocenters. The molecule has 0 saturated carbocycles. The molecule has 0 saturated heterocycles. The Kier molecular flexibility index (Phi) is 7.30. The van der Waals surface area contributed by atoms with Gasteiger partial charge in [-0.15, -0.1) is 0 Å². The topological polar surface area (TPSA) is 92.7 Å². The summed E-state index contributed by atoms with van der Waals surface area (Å²) in [6.07, 6.45) is -3.78. The Morgan fingerprint density at radius 2 is 2.00 bits per heavy atom. The number of halogens is 3. The van der Waals surface area contributed by atoms with Crippen molar-refractivity contribution in [2.24, 2.45) is 0 Å². The highest BCUT2D eigenvalue weighted by Gasteiger charge is 2.52. The Hall–Kier alpha value is -0.870. The molecular formula is C9H16F3NO5S. The maximum absolute atomic E-state index is 13.0. The maximum Gasteiger partial charge on any atom is 0.400 e. The first-order chi connectivity index (χ1) is 8.63. The van der Waals surface area contributed by atoms with Crippen molar-refractivity contribution in [3.63, 3.8) is 0 Å². The summed E-state index contributed by atoms with van der Waals surface area (Å²) in [6, 6.07) is 0. The van der Waals surface area contributed by atoms with Gasteiger partial charge in [0.25, 0.3) is 0 Å². The van der Waals surface area contributed by atoms with Crippen molar-refractivity contribution in [1.82, 2.24) is 5.32 Å². The van der Waals surface area contributed by atoms with Crippen molar-refractivity contribution in [2.75, 3.05) is 20.2 Å². The molecular weight excluding hydrogens is 291 g/mol. The van der Waals surface area contributed by atoms with Crippen molar-refractivity contribution in [1.29, 1.82) is 0 Å². The molecule has 1 atom stereocenters. The third-order valence-electron chi connectivity index (χ3n) is 2.14. The van der Waals surface area contributed by atoms with Crippen LogP contribution in [0.2, 0.25) is 0 Å². The molecule has 0 heterocycles. The average molecular weight is 307 g/mol. The molecule has 0 aromatic rings. The first kappa shape index (κ1) is 18.1. The van der Waals surface area contributed by atoms with Gasteiger partial charge in [0, 0.05) is 0 Å². The van der Waals surface area contributed by atoms with Gasteiger partial charge < -0.3 is 10.1 Å². The number of rotatable bonds is 9. The van der Waals surface area contributed by atoms with Crippen LogP contribution in [0.3, 0.4) is 0 Å². The monoisotopic (exact) mass is 307 g/mol. The molecule has 0 rings (SSSR count). The van der Waals surface area contributed by atoms with Gasteiger partial charge in [-0.05, 0) is 26.3 Å². The molecule has 2 N–H and O–H groups in total. The third-order valence-corrected chi connectivity index (χ3v) is 3.09. The molecule has 114 valence electrons. The number of carbonyl (C=O) groups is 1. The van der Waals surface area contributed by atoms with Gasteiger partial charge in [0.05, 0.1) is 13.2 Å². The summed E-state index contributed by atoms with van der Waals surface area (Å²) in [4.78, 5) is 10.8. The van der Waals surface area contributed by atoms with Crippen LogP contribution in [0.25, 0.3) is 0 Å². The molecule has 0 aliphatic rings. The van der Waals surface area contributed by atoms with Crippen LogP contribution in [0, 0.1) is 0 Å². The Balaban J connectivity index is 3.94. The fourth-order valence-corrected chi connectivity index (χ4v) is 1.58. The molecule has 0 spiro atoms. The van der Waals surface area contributed by atoms with Crippen LogP contribution in [0.4, 0.5) is 13.2 Å². The number of likely N-dealkylation sites (N-methyl/N-ethyl adjacent to an activating group) is 1. The van der Waals surface area contributed by atoms with Gasteiger partial charge in [0.2, 0.25) is 0 Å². The van der Waals surface area contributed by atoms with Crippen LogP contribution in [-0.2, 0) is 19.6 Å². The normalized spacial score (nSPS) is 14.2. The van der Waals surface area contributed by atoms with Crippen LogP contribution in [0.15, 0.2) is 0 Å². The number of carbonyl (C=O) groups excluding carboxylic acids is 1. The number of alkyl halides is 3. The zero-order valence-electron chi connectivity index (χ0n) is 10.2. The zero-order valence-corrected chi connectivity index (χ0v) is 11.1. The Morgan fingerprint density at radius 1 is 1.42 bits per heavy atom. The van der Waals surface area contributed by atoms with Crippen molar-refractivity contribution >= 4 is 16.1 Å². The Bertz CT molecular complexity index is 387. The third kappa shape index (κ3) is 6.21. The second kappa shape index (κ2) is 7.65. The summed E-state index contributed by atoms with van der Waals surface area (Å²) < 4.78 is 71.7. The molecule has 0 amide bonds. The number of ether oxygens (including phenoxy) is 1. The molecule has 0 bridgehead atoms. The highest BCUT2D eigenvalue weighted by Crippen LogP contribution is 2.30. The standard InChI is InChI=1S/C9H16F3NO5S/c1-13-6-8(14)18-5-3-2-4-7(10)9(11,12)19(15,16)17/h7,13H,2-6H2,1H3,(H,15,16,17). The predicted octanol–water partition coefficient (Wildman–Crippen LogP) is 0.738. The molecule has 6 nitrogen and oxygen atoms in total. The minimum atomic E-state index is -5.77. The van der Waals surface area contributed by atoms with E-state index in [4.69, 9.17) is 4.55 Å². The number of esters is 1. The quantitative estimate of drug-likeness (QED) is 0.371. The second-order valence-electron chi connectivity index (χ2n) is 3.75. The lowest BCUT2D eigenvalue weighted by Gasteiger charge is -2.17. The first-order valence-electron chi connectivity index (χ1n) is 5.42. The van der Waals surface area contributed by atoms with E-state index >= 15 is 0 Å². The predicted molar refractivity (Wildman–Crippen MR) is 60.1 cm³/mol. The SMILES string of the molecule is CNCC(=O)OCCCCC(F)C(F)(F)S(=O)(=O)O. The smallest absolute Gasteiger partial charge is 0.400 e. The van der Waals surface area contributed by atoms with Gasteiger partial charge in [0.15, 0.2) is 6.17 Å². The van der Waals surface area contributed by atoms with E-state index in [1.54, 1.807) is 0 Å². The molecule has 19 heavy (non-hydrogen) atoms. The van der Waals surface area contributed by atoms with Crippen LogP contribution < -0.4 is 5.32 Å². The van der Waals surface area contributed by atoms with E-state index in [1.165, 1.54) is 7.05 Å². The zero-order chi connectivity index (χ0) is 15.1. The summed E-state index contributed by atoms with van der Waals surface area (Å²) in [6.45, 7) is -0.0861. The summed E-state index contributed by atoms with van der Waals surface area (Å²) in [5, 5.41) is -2.29. The second-order valence-corrected chi connectivity index (χ2v) is 5.25. The first-order valence-corrected chi connectivity index (χ1v) is 6.86. The number of hydrogen-bond acceptors (Lipinski definition) is 5. The molecule has 0 aromatic carbocycles. The molecule has 0 fully saturated rings. The van der Waals surface area contributed by atoms with Gasteiger partial charge in [-0.1, -0.05) is 0 Å². The van der Waals surface area contributed by atoms with E-state index in [1.807, 2.05) is 0 Å². The average Bonchev–Trinajstić information content (AvgIpc) is 2.27. The van der Waals surface area contributed by atoms with Gasteiger partial charge in [0.1, 0.15) is 0 Å². The molecule has 0 aliphatic heterocycles. The molecule has 10 heteroatoms. The van der Waals surface area contributed by atoms with Gasteiger partial charge in [-0.3, -0.25) is 9.35 Å². The van der Waals surface area contributed by atoms with Gasteiger partial charge in [-0.25, -0.2) is 4.39 Å². The largest absolute Gasteiger partial charge is 0.465 e. The number of hydrogen-bond donors (Lipinski definition) is 2.